The normalized spacial score (nSPS) is 30.0. The monoisotopic (exact) mass is 360 g/mol. The van der Waals surface area contributed by atoms with Crippen LogP contribution in [0.5, 0.6) is 0 Å². The van der Waals surface area contributed by atoms with Crippen molar-refractivity contribution in [3.8, 4) is 0 Å². The molecule has 0 N–H and O–H groups in total. The van der Waals surface area contributed by atoms with Crippen LogP contribution < -0.4 is 0 Å². The van der Waals surface area contributed by atoms with Gasteiger partial charge in [0.25, 0.3) is 0 Å². The Morgan fingerprint density at radius 2 is 1.56 bits per heavy atom. The molecule has 2 fully saturated rings. The summed E-state index contributed by atoms with van der Waals surface area (Å²) in [5.41, 5.74) is 1.66. The smallest absolute Gasteiger partial charge is 0.145 e. The molecule has 25 heavy (non-hydrogen) atoms. The predicted molar refractivity (Wildman–Crippen MR) is 106 cm³/mol. The molecule has 136 valence electrons. The lowest BCUT2D eigenvalue weighted by molar-refractivity contribution is 0.171. The zero-order valence-corrected chi connectivity index (χ0v) is 15.9. The fraction of sp³-hybridized carbons (Fsp3) is 0.565. The van der Waals surface area contributed by atoms with Crippen LogP contribution in [0.3, 0.4) is 0 Å². The molecule has 0 amide bonds. The molecule has 0 atom stereocenters. The third kappa shape index (κ3) is 4.19. The molecule has 0 aliphatic heterocycles. The summed E-state index contributed by atoms with van der Waals surface area (Å²) >= 11 is 6.24. The van der Waals surface area contributed by atoms with Gasteiger partial charge in [-0.25, -0.2) is 4.39 Å². The first kappa shape index (κ1) is 18.7. The van der Waals surface area contributed by atoms with Crippen molar-refractivity contribution in [2.24, 2.45) is 17.8 Å². The molecule has 0 heterocycles. The Balaban J connectivity index is 1.60. The molecule has 0 spiro atoms. The number of rotatable bonds is 5. The standard InChI is InChI=1S/C23H30ClF/c1-3-5-20-14-15-21(23(25)22(20)24)19-12-10-18(11-13-19)17-8-6-16(4-2)7-9-17/h3-4,14-19H,1-2,5-13H2. The van der Waals surface area contributed by atoms with E-state index in [0.29, 0.717) is 17.4 Å². The molecule has 2 aliphatic carbocycles. The van der Waals surface area contributed by atoms with E-state index in [0.717, 1.165) is 41.7 Å². The number of halogens is 2. The molecule has 1 aromatic rings. The highest BCUT2D eigenvalue weighted by Crippen LogP contribution is 2.45. The first-order valence-corrected chi connectivity index (χ1v) is 10.2. The molecule has 0 unspecified atom stereocenters. The summed E-state index contributed by atoms with van der Waals surface area (Å²) in [5, 5.41) is 0.294. The minimum Gasteiger partial charge on any atom is -0.205 e. The average molecular weight is 361 g/mol. The molecule has 2 heteroatoms. The van der Waals surface area contributed by atoms with Gasteiger partial charge in [0.2, 0.25) is 0 Å². The van der Waals surface area contributed by atoms with Gasteiger partial charge in [-0.3, -0.25) is 0 Å². The molecular weight excluding hydrogens is 331 g/mol. The summed E-state index contributed by atoms with van der Waals surface area (Å²) < 4.78 is 14.7. The van der Waals surface area contributed by atoms with E-state index in [1.165, 1.54) is 38.5 Å². The van der Waals surface area contributed by atoms with Gasteiger partial charge in [-0.1, -0.05) is 35.9 Å². The van der Waals surface area contributed by atoms with Crippen LogP contribution >= 0.6 is 11.6 Å². The van der Waals surface area contributed by atoms with Gasteiger partial charge in [-0.2, -0.15) is 0 Å². The van der Waals surface area contributed by atoms with Crippen molar-refractivity contribution in [1.82, 2.24) is 0 Å². The number of allylic oxidation sites excluding steroid dienone is 2. The second kappa shape index (κ2) is 8.54. The average Bonchev–Trinajstić information content (AvgIpc) is 2.66. The molecule has 1 aromatic carbocycles. The summed E-state index contributed by atoms with van der Waals surface area (Å²) in [4.78, 5) is 0. The summed E-state index contributed by atoms with van der Waals surface area (Å²) in [6, 6.07) is 3.94. The number of benzene rings is 1. The molecule has 0 nitrogen and oxygen atoms in total. The molecule has 2 aliphatic rings. The van der Waals surface area contributed by atoms with Crippen molar-refractivity contribution >= 4 is 11.6 Å². The van der Waals surface area contributed by atoms with E-state index in [-0.39, 0.29) is 5.82 Å². The summed E-state index contributed by atoms with van der Waals surface area (Å²) in [5.74, 6) is 2.58. The third-order valence-electron chi connectivity index (χ3n) is 6.58. The maximum Gasteiger partial charge on any atom is 0.145 e. The minimum absolute atomic E-state index is 0.198. The Bertz CT molecular complexity index is 605. The molecule has 0 aromatic heterocycles. The molecule has 2 saturated carbocycles. The lowest BCUT2D eigenvalue weighted by Crippen LogP contribution is -2.25. The van der Waals surface area contributed by atoms with Gasteiger partial charge in [0, 0.05) is 0 Å². The van der Waals surface area contributed by atoms with Crippen LogP contribution in [0.1, 0.15) is 68.4 Å². The fourth-order valence-corrected chi connectivity index (χ4v) is 5.24. The van der Waals surface area contributed by atoms with Gasteiger partial charge in [0.05, 0.1) is 5.02 Å². The van der Waals surface area contributed by atoms with Crippen LogP contribution in [0.2, 0.25) is 5.02 Å². The van der Waals surface area contributed by atoms with Crippen LogP contribution in [0, 0.1) is 23.6 Å². The van der Waals surface area contributed by atoms with Crippen molar-refractivity contribution < 1.29 is 4.39 Å². The first-order chi connectivity index (χ1) is 12.1. The van der Waals surface area contributed by atoms with E-state index < -0.39 is 0 Å². The molecule has 0 bridgehead atoms. The summed E-state index contributed by atoms with van der Waals surface area (Å²) in [6.07, 6.45) is 14.5. The van der Waals surface area contributed by atoms with Gasteiger partial charge < -0.3 is 0 Å². The lowest BCUT2D eigenvalue weighted by atomic mass is 9.68. The van der Waals surface area contributed by atoms with Crippen molar-refractivity contribution in [2.75, 3.05) is 0 Å². The van der Waals surface area contributed by atoms with Crippen LogP contribution in [-0.2, 0) is 6.42 Å². The third-order valence-corrected chi connectivity index (χ3v) is 6.99. The van der Waals surface area contributed by atoms with Crippen LogP contribution in [-0.4, -0.2) is 0 Å². The van der Waals surface area contributed by atoms with Gasteiger partial charge >= 0.3 is 0 Å². The quantitative estimate of drug-likeness (QED) is 0.477. The lowest BCUT2D eigenvalue weighted by Gasteiger charge is -2.37. The highest BCUT2D eigenvalue weighted by molar-refractivity contribution is 6.31. The van der Waals surface area contributed by atoms with Gasteiger partial charge in [0.15, 0.2) is 0 Å². The zero-order chi connectivity index (χ0) is 17.8. The highest BCUT2D eigenvalue weighted by atomic mass is 35.5. The topological polar surface area (TPSA) is 0 Å². The predicted octanol–water partition coefficient (Wildman–Crippen LogP) is 7.47. The van der Waals surface area contributed by atoms with E-state index >= 15 is 0 Å². The Hall–Kier alpha value is -1.08. The van der Waals surface area contributed by atoms with E-state index in [4.69, 9.17) is 11.6 Å². The zero-order valence-electron chi connectivity index (χ0n) is 15.2. The Morgan fingerprint density at radius 1 is 0.960 bits per heavy atom. The van der Waals surface area contributed by atoms with Gasteiger partial charge in [-0.15, -0.1) is 13.2 Å². The maximum absolute atomic E-state index is 14.7. The van der Waals surface area contributed by atoms with Crippen molar-refractivity contribution in [3.63, 3.8) is 0 Å². The summed E-state index contributed by atoms with van der Waals surface area (Å²) in [6.45, 7) is 7.66. The van der Waals surface area contributed by atoms with E-state index in [2.05, 4.69) is 19.2 Å². The van der Waals surface area contributed by atoms with Gasteiger partial charge in [-0.05, 0) is 92.6 Å². The van der Waals surface area contributed by atoms with Crippen molar-refractivity contribution in [1.29, 1.82) is 0 Å². The fourth-order valence-electron chi connectivity index (χ4n) is 4.99. The molecule has 0 radical (unpaired) electrons. The Kier molecular flexibility index (Phi) is 6.39. The minimum atomic E-state index is -0.198. The van der Waals surface area contributed by atoms with E-state index in [1.807, 2.05) is 12.1 Å². The van der Waals surface area contributed by atoms with Crippen LogP contribution in [0.25, 0.3) is 0 Å². The van der Waals surface area contributed by atoms with E-state index in [9.17, 15) is 4.39 Å². The second-order valence-corrected chi connectivity index (χ2v) is 8.33. The number of hydrogen-bond acceptors (Lipinski definition) is 0. The maximum atomic E-state index is 14.7. The van der Waals surface area contributed by atoms with Crippen LogP contribution in [0.4, 0.5) is 4.39 Å². The molecule has 3 rings (SSSR count). The SMILES string of the molecule is C=CCc1ccc(C2CCC(C3CCC(C=C)CC3)CC2)c(F)c1Cl. The van der Waals surface area contributed by atoms with Crippen molar-refractivity contribution in [2.45, 2.75) is 63.7 Å². The van der Waals surface area contributed by atoms with Crippen LogP contribution in [0.15, 0.2) is 37.4 Å². The largest absolute Gasteiger partial charge is 0.205 e. The van der Waals surface area contributed by atoms with Crippen molar-refractivity contribution in [3.05, 3.63) is 59.4 Å². The Morgan fingerprint density at radius 3 is 2.12 bits per heavy atom. The number of hydrogen-bond donors (Lipinski definition) is 0. The first-order valence-electron chi connectivity index (χ1n) is 9.84. The second-order valence-electron chi connectivity index (χ2n) is 7.96. The molecular formula is C23H30ClF. The molecule has 0 saturated heterocycles. The van der Waals surface area contributed by atoms with E-state index in [1.54, 1.807) is 6.08 Å². The summed E-state index contributed by atoms with van der Waals surface area (Å²) in [7, 11) is 0. The Labute approximate surface area is 157 Å². The highest BCUT2D eigenvalue weighted by Gasteiger charge is 2.31. The van der Waals surface area contributed by atoms with Gasteiger partial charge in [0.1, 0.15) is 5.82 Å².